The quantitative estimate of drug-likeness (QED) is 0.838. The summed E-state index contributed by atoms with van der Waals surface area (Å²) in [6.45, 7) is 5.98. The van der Waals surface area contributed by atoms with Crippen LogP contribution in [0.3, 0.4) is 0 Å². The summed E-state index contributed by atoms with van der Waals surface area (Å²) in [4.78, 5) is 21.5. The van der Waals surface area contributed by atoms with E-state index in [0.717, 1.165) is 43.0 Å². The molecule has 3 rings (SSSR count). The lowest BCUT2D eigenvalue weighted by atomic mass is 10.1. The van der Waals surface area contributed by atoms with E-state index in [4.69, 9.17) is 0 Å². The number of carbonyl (C=O) groups is 1. The van der Waals surface area contributed by atoms with E-state index < -0.39 is 0 Å². The van der Waals surface area contributed by atoms with E-state index >= 15 is 0 Å². The Bertz CT molecular complexity index is 718. The molecule has 1 aliphatic rings. The molecule has 1 aromatic carbocycles. The van der Waals surface area contributed by atoms with Crippen LogP contribution in [0.4, 0.5) is 5.69 Å². The van der Waals surface area contributed by atoms with E-state index in [9.17, 15) is 4.79 Å². The Morgan fingerprint density at radius 2 is 2.00 bits per heavy atom. The third-order valence-corrected chi connectivity index (χ3v) is 4.94. The number of aromatic nitrogens is 2. The lowest BCUT2D eigenvalue weighted by Crippen LogP contribution is -2.38. The number of imidazole rings is 1. The second-order valence-electron chi connectivity index (χ2n) is 7.33. The summed E-state index contributed by atoms with van der Waals surface area (Å²) in [5.74, 6) is 1.62. The molecule has 0 bridgehead atoms. The van der Waals surface area contributed by atoms with Crippen molar-refractivity contribution in [2.24, 2.45) is 0 Å². The number of benzene rings is 1. The van der Waals surface area contributed by atoms with E-state index in [0.29, 0.717) is 5.92 Å². The van der Waals surface area contributed by atoms with Gasteiger partial charge in [-0.3, -0.25) is 4.79 Å². The molecular formula is C20H28N4O. The summed E-state index contributed by atoms with van der Waals surface area (Å²) in [5.41, 5.74) is 1.88. The average Bonchev–Trinajstić information content (AvgIpc) is 3.24. The van der Waals surface area contributed by atoms with Gasteiger partial charge in [0.2, 0.25) is 0 Å². The van der Waals surface area contributed by atoms with Crippen molar-refractivity contribution in [2.45, 2.75) is 45.2 Å². The molecular weight excluding hydrogens is 312 g/mol. The monoisotopic (exact) mass is 340 g/mol. The van der Waals surface area contributed by atoms with Gasteiger partial charge in [-0.2, -0.15) is 0 Å². The van der Waals surface area contributed by atoms with Gasteiger partial charge in [0.15, 0.2) is 0 Å². The third-order valence-electron chi connectivity index (χ3n) is 4.94. The van der Waals surface area contributed by atoms with Gasteiger partial charge in [0.25, 0.3) is 5.91 Å². The summed E-state index contributed by atoms with van der Waals surface area (Å²) < 4.78 is 2.20. The maximum atomic E-state index is 13.0. The number of nitrogens with zero attached hydrogens (tertiary/aromatic N) is 4. The van der Waals surface area contributed by atoms with Gasteiger partial charge in [0.1, 0.15) is 5.82 Å². The highest BCUT2D eigenvalue weighted by Gasteiger charge is 2.30. The highest BCUT2D eigenvalue weighted by molar-refractivity contribution is 5.95. The van der Waals surface area contributed by atoms with Gasteiger partial charge in [0, 0.05) is 56.7 Å². The van der Waals surface area contributed by atoms with Gasteiger partial charge in [-0.1, -0.05) is 13.8 Å². The normalized spacial score (nSPS) is 17.3. The van der Waals surface area contributed by atoms with E-state index in [1.165, 1.54) is 0 Å². The maximum Gasteiger partial charge on any atom is 0.254 e. The lowest BCUT2D eigenvalue weighted by molar-refractivity contribution is 0.0723. The average molecular weight is 340 g/mol. The van der Waals surface area contributed by atoms with Crippen LogP contribution in [-0.4, -0.2) is 47.0 Å². The predicted octanol–water partition coefficient (Wildman–Crippen LogP) is 3.38. The van der Waals surface area contributed by atoms with Gasteiger partial charge in [0.05, 0.1) is 6.04 Å². The number of likely N-dealkylation sites (tertiary alicyclic amines) is 1. The first-order chi connectivity index (χ1) is 12.0. The summed E-state index contributed by atoms with van der Waals surface area (Å²) in [6.07, 6.45) is 6.01. The molecule has 1 aliphatic heterocycles. The van der Waals surface area contributed by atoms with Crippen LogP contribution in [0.1, 0.15) is 48.8 Å². The molecule has 0 saturated carbocycles. The SMILES string of the molecule is CC(C)c1nccn1CC1CCCN1C(=O)c1ccc(N(C)C)cc1. The van der Waals surface area contributed by atoms with Crippen LogP contribution >= 0.6 is 0 Å². The molecule has 2 aromatic rings. The van der Waals surface area contributed by atoms with E-state index in [1.807, 2.05) is 60.6 Å². The number of rotatable bonds is 5. The Hall–Kier alpha value is -2.30. The first-order valence-corrected chi connectivity index (χ1v) is 9.06. The Balaban J connectivity index is 1.74. The zero-order chi connectivity index (χ0) is 18.0. The Labute approximate surface area is 150 Å². The van der Waals surface area contributed by atoms with E-state index in [2.05, 4.69) is 23.4 Å². The standard InChI is InChI=1S/C20H28N4O/c1-15(2)19-21-11-13-23(19)14-18-6-5-12-24(18)20(25)16-7-9-17(10-8-16)22(3)4/h7-11,13,15,18H,5-6,12,14H2,1-4H3. The van der Waals surface area contributed by atoms with Gasteiger partial charge in [-0.25, -0.2) is 4.98 Å². The summed E-state index contributed by atoms with van der Waals surface area (Å²) in [5, 5.41) is 0. The lowest BCUT2D eigenvalue weighted by Gasteiger charge is -2.26. The minimum Gasteiger partial charge on any atom is -0.378 e. The van der Waals surface area contributed by atoms with Crippen molar-refractivity contribution >= 4 is 11.6 Å². The van der Waals surface area contributed by atoms with Crippen molar-refractivity contribution < 1.29 is 4.79 Å². The summed E-state index contributed by atoms with van der Waals surface area (Å²) in [6, 6.07) is 8.12. The van der Waals surface area contributed by atoms with Crippen molar-refractivity contribution in [3.05, 3.63) is 48.0 Å². The smallest absolute Gasteiger partial charge is 0.254 e. The van der Waals surface area contributed by atoms with Crippen LogP contribution in [0, 0.1) is 0 Å². The minimum atomic E-state index is 0.138. The Morgan fingerprint density at radius 3 is 2.64 bits per heavy atom. The van der Waals surface area contributed by atoms with E-state index in [-0.39, 0.29) is 11.9 Å². The van der Waals surface area contributed by atoms with Gasteiger partial charge >= 0.3 is 0 Å². The maximum absolute atomic E-state index is 13.0. The molecule has 0 radical (unpaired) electrons. The molecule has 1 unspecified atom stereocenters. The minimum absolute atomic E-state index is 0.138. The van der Waals surface area contributed by atoms with Crippen molar-refractivity contribution in [2.75, 3.05) is 25.5 Å². The van der Waals surface area contributed by atoms with Crippen LogP contribution in [0.5, 0.6) is 0 Å². The molecule has 1 saturated heterocycles. The fourth-order valence-corrected chi connectivity index (χ4v) is 3.56. The van der Waals surface area contributed by atoms with Gasteiger partial charge in [-0.15, -0.1) is 0 Å². The van der Waals surface area contributed by atoms with Crippen LogP contribution in [0.25, 0.3) is 0 Å². The molecule has 1 amide bonds. The summed E-state index contributed by atoms with van der Waals surface area (Å²) >= 11 is 0. The van der Waals surface area contributed by atoms with Crippen molar-refractivity contribution in [1.82, 2.24) is 14.5 Å². The summed E-state index contributed by atoms with van der Waals surface area (Å²) in [7, 11) is 4.01. The van der Waals surface area contributed by atoms with Crippen LogP contribution < -0.4 is 4.90 Å². The topological polar surface area (TPSA) is 41.4 Å². The highest BCUT2D eigenvalue weighted by Crippen LogP contribution is 2.24. The first kappa shape index (κ1) is 17.5. The van der Waals surface area contributed by atoms with Gasteiger partial charge in [-0.05, 0) is 37.1 Å². The molecule has 1 fully saturated rings. The molecule has 25 heavy (non-hydrogen) atoms. The number of amides is 1. The molecule has 0 aliphatic carbocycles. The van der Waals surface area contributed by atoms with Crippen LogP contribution in [0.15, 0.2) is 36.7 Å². The second kappa shape index (κ2) is 7.30. The molecule has 0 N–H and O–H groups in total. The van der Waals surface area contributed by atoms with Crippen molar-refractivity contribution in [3.8, 4) is 0 Å². The molecule has 1 aromatic heterocycles. The van der Waals surface area contributed by atoms with Crippen molar-refractivity contribution in [3.63, 3.8) is 0 Å². The predicted molar refractivity (Wildman–Crippen MR) is 101 cm³/mol. The molecule has 0 spiro atoms. The zero-order valence-corrected chi connectivity index (χ0v) is 15.6. The number of anilines is 1. The Morgan fingerprint density at radius 1 is 1.28 bits per heavy atom. The van der Waals surface area contributed by atoms with Crippen LogP contribution in [0.2, 0.25) is 0 Å². The zero-order valence-electron chi connectivity index (χ0n) is 15.6. The van der Waals surface area contributed by atoms with Crippen LogP contribution in [-0.2, 0) is 6.54 Å². The van der Waals surface area contributed by atoms with Gasteiger partial charge < -0.3 is 14.4 Å². The molecule has 134 valence electrons. The highest BCUT2D eigenvalue weighted by atomic mass is 16.2. The number of carbonyl (C=O) groups excluding carboxylic acids is 1. The fraction of sp³-hybridized carbons (Fsp3) is 0.500. The molecule has 5 heteroatoms. The molecule has 5 nitrogen and oxygen atoms in total. The largest absolute Gasteiger partial charge is 0.378 e. The molecule has 2 heterocycles. The second-order valence-corrected chi connectivity index (χ2v) is 7.33. The fourth-order valence-electron chi connectivity index (χ4n) is 3.56. The first-order valence-electron chi connectivity index (χ1n) is 9.06. The third kappa shape index (κ3) is 3.70. The van der Waals surface area contributed by atoms with E-state index in [1.54, 1.807) is 0 Å². The number of hydrogen-bond acceptors (Lipinski definition) is 3. The molecule has 1 atom stereocenters. The Kier molecular flexibility index (Phi) is 5.11. The number of hydrogen-bond donors (Lipinski definition) is 0. The van der Waals surface area contributed by atoms with Crippen molar-refractivity contribution in [1.29, 1.82) is 0 Å².